The minimum absolute atomic E-state index is 0.0226. The van der Waals surface area contributed by atoms with Crippen molar-refractivity contribution < 1.29 is 28.6 Å². The van der Waals surface area contributed by atoms with E-state index in [1.165, 1.54) is 6.07 Å². The van der Waals surface area contributed by atoms with E-state index in [4.69, 9.17) is 4.74 Å². The Kier molecular flexibility index (Phi) is 10.1. The van der Waals surface area contributed by atoms with Gasteiger partial charge in [0.15, 0.2) is 0 Å². The molecule has 0 bridgehead atoms. The average molecular weight is 659 g/mol. The largest absolute Gasteiger partial charge is 0.444 e. The fourth-order valence-corrected chi connectivity index (χ4v) is 5.19. The van der Waals surface area contributed by atoms with Gasteiger partial charge >= 0.3 is 6.09 Å². The Balaban J connectivity index is 1.55. The summed E-state index contributed by atoms with van der Waals surface area (Å²) in [6.45, 7) is 2.69. The molecule has 0 saturated heterocycles. The maximum absolute atomic E-state index is 15.4. The second-order valence-electron chi connectivity index (χ2n) is 9.38. The van der Waals surface area contributed by atoms with Crippen LogP contribution in [-0.4, -0.2) is 64.6 Å². The van der Waals surface area contributed by atoms with Gasteiger partial charge in [0.05, 0.1) is 41.7 Å². The topological polar surface area (TPSA) is 90.4 Å². The summed E-state index contributed by atoms with van der Waals surface area (Å²) < 4.78 is 21.7. The summed E-state index contributed by atoms with van der Waals surface area (Å²) in [5.41, 5.74) is 1.90. The number of β-amino-alcohol motifs (C(OH)–C–C–N with tert-alkyl or cyclic N) is 1. The molecule has 0 fully saturated rings. The number of carbonyl (C=O) groups excluding carboxylic acids is 3. The number of hydrogen-bond acceptors (Lipinski definition) is 6. The first kappa shape index (κ1) is 29.5. The lowest BCUT2D eigenvalue weighted by Crippen LogP contribution is -2.44. The van der Waals surface area contributed by atoms with Crippen LogP contribution in [-0.2, 0) is 11.3 Å². The summed E-state index contributed by atoms with van der Waals surface area (Å²) in [7, 11) is 0. The Labute approximate surface area is 246 Å². The van der Waals surface area contributed by atoms with Crippen molar-refractivity contribution in [3.8, 4) is 0 Å². The van der Waals surface area contributed by atoms with E-state index in [1.54, 1.807) is 48.5 Å². The van der Waals surface area contributed by atoms with Crippen molar-refractivity contribution in [3.05, 3.63) is 95.3 Å². The molecule has 8 nitrogen and oxygen atoms in total. The third-order valence-corrected chi connectivity index (χ3v) is 7.00. The smallest absolute Gasteiger partial charge is 0.414 e. The van der Waals surface area contributed by atoms with Crippen LogP contribution in [0.3, 0.4) is 0 Å². The Bertz CT molecular complexity index is 1320. The first-order valence-electron chi connectivity index (χ1n) is 13.1. The van der Waals surface area contributed by atoms with E-state index in [-0.39, 0.29) is 36.5 Å². The molecule has 1 heterocycles. The van der Waals surface area contributed by atoms with Gasteiger partial charge in [0.25, 0.3) is 11.8 Å². The van der Waals surface area contributed by atoms with Crippen molar-refractivity contribution in [2.75, 3.05) is 40.4 Å². The fraction of sp³-hybridized carbons (Fsp3) is 0.300. The summed E-state index contributed by atoms with van der Waals surface area (Å²) >= 11 is 2.24. The zero-order chi connectivity index (χ0) is 28.6. The van der Waals surface area contributed by atoms with Crippen molar-refractivity contribution in [1.29, 1.82) is 0 Å². The van der Waals surface area contributed by atoms with E-state index in [0.29, 0.717) is 18.8 Å². The van der Waals surface area contributed by atoms with E-state index in [0.717, 1.165) is 26.2 Å². The van der Waals surface area contributed by atoms with Crippen LogP contribution in [0.4, 0.5) is 20.6 Å². The van der Waals surface area contributed by atoms with E-state index in [1.807, 2.05) is 30.0 Å². The number of carbonyl (C=O) groups is 3. The second-order valence-corrected chi connectivity index (χ2v) is 10.5. The molecule has 1 aliphatic rings. The quantitative estimate of drug-likeness (QED) is 0.162. The van der Waals surface area contributed by atoms with Crippen LogP contribution in [0.5, 0.6) is 0 Å². The maximum atomic E-state index is 15.4. The number of rotatable bonds is 12. The summed E-state index contributed by atoms with van der Waals surface area (Å²) in [4.78, 5) is 42.8. The van der Waals surface area contributed by atoms with E-state index in [9.17, 15) is 19.5 Å². The first-order valence-corrected chi connectivity index (χ1v) is 14.6. The Morgan fingerprint density at radius 1 is 1.00 bits per heavy atom. The number of amides is 3. The highest BCUT2D eigenvalue weighted by molar-refractivity contribution is 14.1. The van der Waals surface area contributed by atoms with E-state index >= 15 is 4.39 Å². The van der Waals surface area contributed by atoms with E-state index < -0.39 is 29.8 Å². The molecule has 40 heavy (non-hydrogen) atoms. The van der Waals surface area contributed by atoms with Crippen molar-refractivity contribution in [1.82, 2.24) is 4.90 Å². The predicted molar refractivity (Wildman–Crippen MR) is 160 cm³/mol. The molecule has 0 saturated carbocycles. The highest BCUT2D eigenvalue weighted by Gasteiger charge is 2.37. The molecule has 1 unspecified atom stereocenters. The number of aliphatic hydroxyl groups excluding tert-OH is 1. The lowest BCUT2D eigenvalue weighted by molar-refractivity contribution is 0.0550. The lowest BCUT2D eigenvalue weighted by atomic mass is 10.1. The summed E-state index contributed by atoms with van der Waals surface area (Å²) in [6, 6.07) is 20.0. The predicted octanol–water partition coefficient (Wildman–Crippen LogP) is 5.28. The van der Waals surface area contributed by atoms with Gasteiger partial charge in [-0.05, 0) is 42.3 Å². The first-order chi connectivity index (χ1) is 19.3. The number of hydrogen-bond donors (Lipinski definition) is 1. The van der Waals surface area contributed by atoms with Gasteiger partial charge in [-0.1, -0.05) is 72.0 Å². The highest BCUT2D eigenvalue weighted by Crippen LogP contribution is 2.27. The second kappa shape index (κ2) is 13.7. The molecule has 210 valence electrons. The zero-order valence-corrected chi connectivity index (χ0v) is 24.3. The number of ether oxygens (including phenoxy) is 1. The highest BCUT2D eigenvalue weighted by atomic mass is 127. The van der Waals surface area contributed by atoms with Gasteiger partial charge in [-0.25, -0.2) is 9.18 Å². The van der Waals surface area contributed by atoms with Crippen LogP contribution < -0.4 is 9.80 Å². The molecule has 3 aromatic carbocycles. The Hall–Kier alpha value is -3.51. The standard InChI is InChI=1S/C30H31FIN3O5/c1-2-15-33(16-14-32)27-13-12-22(17-26(27)31)34(30(39)40-20-21-8-4-3-5-9-21)18-23(36)19-35-28(37)24-10-6-7-11-25(24)29(35)38/h3-13,17,23,36H,2,14-16,18-20H2,1H3. The SMILES string of the molecule is CCCN(CCI)c1ccc(N(CC(O)CN2C(=O)c3ccccc3C2=O)C(=O)OCc2ccccc2)cc1F. The van der Waals surface area contributed by atoms with Crippen LogP contribution >= 0.6 is 22.6 Å². The number of halogens is 2. The number of imide groups is 1. The fourth-order valence-electron chi connectivity index (χ4n) is 4.61. The van der Waals surface area contributed by atoms with Gasteiger partial charge in [0.1, 0.15) is 12.4 Å². The van der Waals surface area contributed by atoms with E-state index in [2.05, 4.69) is 22.6 Å². The molecule has 3 amide bonds. The van der Waals surface area contributed by atoms with Crippen LogP contribution in [0.25, 0.3) is 0 Å². The number of aliphatic hydroxyl groups is 1. The zero-order valence-electron chi connectivity index (χ0n) is 22.1. The molecule has 0 aromatic heterocycles. The van der Waals surface area contributed by atoms with Crippen LogP contribution in [0.15, 0.2) is 72.8 Å². The lowest BCUT2D eigenvalue weighted by Gasteiger charge is -2.28. The van der Waals surface area contributed by atoms with Gasteiger partial charge in [0, 0.05) is 17.5 Å². The maximum Gasteiger partial charge on any atom is 0.414 e. The number of benzene rings is 3. The van der Waals surface area contributed by atoms with Gasteiger partial charge in [-0.15, -0.1) is 0 Å². The third-order valence-electron chi connectivity index (χ3n) is 6.52. The minimum atomic E-state index is -1.31. The molecule has 1 aliphatic heterocycles. The number of nitrogens with zero attached hydrogens (tertiary/aromatic N) is 3. The minimum Gasteiger partial charge on any atom is -0.444 e. The molecule has 10 heteroatoms. The summed E-state index contributed by atoms with van der Waals surface area (Å²) in [6.07, 6.45) is -1.26. The molecule has 1 N–H and O–H groups in total. The molecular weight excluding hydrogens is 628 g/mol. The van der Waals surface area contributed by atoms with Crippen LogP contribution in [0.1, 0.15) is 39.6 Å². The summed E-state index contributed by atoms with van der Waals surface area (Å²) in [5.74, 6) is -1.54. The van der Waals surface area contributed by atoms with Crippen molar-refractivity contribution >= 4 is 51.9 Å². The van der Waals surface area contributed by atoms with Gasteiger partial charge in [-0.2, -0.15) is 0 Å². The number of anilines is 2. The molecule has 3 aromatic rings. The monoisotopic (exact) mass is 659 g/mol. The molecule has 1 atom stereocenters. The normalized spacial score (nSPS) is 13.2. The molecule has 0 spiro atoms. The van der Waals surface area contributed by atoms with Crippen LogP contribution in [0.2, 0.25) is 0 Å². The van der Waals surface area contributed by atoms with Gasteiger partial charge in [0.2, 0.25) is 0 Å². The summed E-state index contributed by atoms with van der Waals surface area (Å²) in [5, 5.41) is 10.9. The van der Waals surface area contributed by atoms with Crippen molar-refractivity contribution in [3.63, 3.8) is 0 Å². The Morgan fingerprint density at radius 3 is 2.25 bits per heavy atom. The molecule has 0 radical (unpaired) electrons. The average Bonchev–Trinajstić information content (AvgIpc) is 3.20. The Morgan fingerprint density at radius 2 is 1.65 bits per heavy atom. The van der Waals surface area contributed by atoms with Crippen molar-refractivity contribution in [2.24, 2.45) is 0 Å². The van der Waals surface area contributed by atoms with Crippen molar-refractivity contribution in [2.45, 2.75) is 26.1 Å². The molecule has 4 rings (SSSR count). The van der Waals surface area contributed by atoms with Gasteiger partial charge < -0.3 is 14.7 Å². The van der Waals surface area contributed by atoms with Crippen LogP contribution in [0, 0.1) is 5.82 Å². The molecule has 0 aliphatic carbocycles. The van der Waals surface area contributed by atoms with Gasteiger partial charge in [-0.3, -0.25) is 19.4 Å². The third kappa shape index (κ3) is 6.79. The molecular formula is C30H31FIN3O5. The number of alkyl halides is 1. The number of fused-ring (bicyclic) bond motifs is 1.